The van der Waals surface area contributed by atoms with E-state index >= 15 is 0 Å². The third-order valence-corrected chi connectivity index (χ3v) is 2.56. The summed E-state index contributed by atoms with van der Waals surface area (Å²) in [5, 5.41) is 2.71. The number of rotatable bonds is 3. The molecule has 1 aromatic carbocycles. The van der Waals surface area contributed by atoms with Crippen molar-refractivity contribution in [2.45, 2.75) is 0 Å². The predicted molar refractivity (Wildman–Crippen MR) is 66.3 cm³/mol. The van der Waals surface area contributed by atoms with Crippen LogP contribution in [0.4, 0.5) is 10.1 Å². The van der Waals surface area contributed by atoms with Gasteiger partial charge in [-0.05, 0) is 54.9 Å². The molecular weight excluding hydrogens is 310 g/mol. The molecule has 0 heterocycles. The number of carbonyl (C=O) groups excluding carboxylic acids is 1. The summed E-state index contributed by atoms with van der Waals surface area (Å²) in [6.07, 6.45) is 0. The number of halogens is 2. The van der Waals surface area contributed by atoms with Gasteiger partial charge in [0.05, 0.1) is 12.2 Å². The third-order valence-electron chi connectivity index (χ3n) is 1.67. The molecule has 0 spiro atoms. The second-order valence-electron chi connectivity index (χ2n) is 3.41. The number of carbonyl (C=O) groups is 1. The first kappa shape index (κ1) is 12.4. The van der Waals surface area contributed by atoms with E-state index in [9.17, 15) is 9.18 Å². The molecule has 82 valence electrons. The maximum atomic E-state index is 12.8. The van der Waals surface area contributed by atoms with Crippen molar-refractivity contribution >= 4 is 34.2 Å². The summed E-state index contributed by atoms with van der Waals surface area (Å²) < 4.78 is 13.5. The van der Waals surface area contributed by atoms with E-state index in [2.05, 4.69) is 5.32 Å². The molecular formula is C10H12FIN2O. The molecule has 5 heteroatoms. The van der Waals surface area contributed by atoms with Gasteiger partial charge in [0.25, 0.3) is 0 Å². The SMILES string of the molecule is CN(C)CC(=O)Nc1ccc(F)cc1I. The molecule has 0 atom stereocenters. The Morgan fingerprint density at radius 2 is 2.20 bits per heavy atom. The molecule has 15 heavy (non-hydrogen) atoms. The molecule has 0 aromatic heterocycles. The van der Waals surface area contributed by atoms with E-state index in [1.54, 1.807) is 11.0 Å². The Hall–Kier alpha value is -0.690. The minimum absolute atomic E-state index is 0.107. The van der Waals surface area contributed by atoms with Crippen LogP contribution in [-0.4, -0.2) is 31.4 Å². The van der Waals surface area contributed by atoms with Gasteiger partial charge >= 0.3 is 0 Å². The van der Waals surface area contributed by atoms with E-state index in [4.69, 9.17) is 0 Å². The van der Waals surface area contributed by atoms with Gasteiger partial charge in [0.1, 0.15) is 5.82 Å². The van der Waals surface area contributed by atoms with E-state index < -0.39 is 0 Å². The summed E-state index contributed by atoms with van der Waals surface area (Å²) in [7, 11) is 3.63. The van der Waals surface area contributed by atoms with Gasteiger partial charge in [-0.25, -0.2) is 4.39 Å². The third kappa shape index (κ3) is 4.13. The Bertz CT molecular complexity index is 368. The topological polar surface area (TPSA) is 32.3 Å². The fourth-order valence-corrected chi connectivity index (χ4v) is 1.68. The summed E-state index contributed by atoms with van der Waals surface area (Å²) in [4.78, 5) is 13.2. The molecule has 0 aliphatic heterocycles. The van der Waals surface area contributed by atoms with Crippen molar-refractivity contribution < 1.29 is 9.18 Å². The zero-order chi connectivity index (χ0) is 11.4. The second-order valence-corrected chi connectivity index (χ2v) is 4.57. The smallest absolute Gasteiger partial charge is 0.238 e. The number of anilines is 1. The van der Waals surface area contributed by atoms with Gasteiger partial charge in [-0.15, -0.1) is 0 Å². The zero-order valence-electron chi connectivity index (χ0n) is 8.55. The highest BCUT2D eigenvalue weighted by atomic mass is 127. The van der Waals surface area contributed by atoms with Crippen molar-refractivity contribution in [3.63, 3.8) is 0 Å². The van der Waals surface area contributed by atoms with Gasteiger partial charge in [0.15, 0.2) is 0 Å². The predicted octanol–water partition coefficient (Wildman–Crippen LogP) is 1.93. The van der Waals surface area contributed by atoms with Gasteiger partial charge in [-0.1, -0.05) is 0 Å². The van der Waals surface area contributed by atoms with Crippen molar-refractivity contribution in [2.24, 2.45) is 0 Å². The Morgan fingerprint density at radius 3 is 2.73 bits per heavy atom. The molecule has 0 radical (unpaired) electrons. The van der Waals surface area contributed by atoms with E-state index in [-0.39, 0.29) is 11.7 Å². The highest BCUT2D eigenvalue weighted by Gasteiger charge is 2.06. The van der Waals surface area contributed by atoms with Crippen LogP contribution in [0.25, 0.3) is 0 Å². The molecule has 1 N–H and O–H groups in total. The normalized spacial score (nSPS) is 10.5. The Balaban J connectivity index is 2.68. The average molecular weight is 322 g/mol. The number of amides is 1. The van der Waals surface area contributed by atoms with Crippen LogP contribution in [0.15, 0.2) is 18.2 Å². The molecule has 1 amide bonds. The van der Waals surface area contributed by atoms with Gasteiger partial charge in [-0.2, -0.15) is 0 Å². The van der Waals surface area contributed by atoms with E-state index in [0.717, 1.165) is 0 Å². The van der Waals surface area contributed by atoms with Crippen molar-refractivity contribution in [1.82, 2.24) is 4.90 Å². The number of nitrogens with one attached hydrogen (secondary N) is 1. The number of hydrogen-bond acceptors (Lipinski definition) is 2. The summed E-state index contributed by atoms with van der Waals surface area (Å²) >= 11 is 1.98. The van der Waals surface area contributed by atoms with Crippen LogP contribution < -0.4 is 5.32 Å². The second kappa shape index (κ2) is 5.41. The molecule has 0 unspecified atom stereocenters. The highest BCUT2D eigenvalue weighted by molar-refractivity contribution is 14.1. The van der Waals surface area contributed by atoms with Crippen LogP contribution in [0.1, 0.15) is 0 Å². The van der Waals surface area contributed by atoms with Crippen molar-refractivity contribution in [3.05, 3.63) is 27.6 Å². The van der Waals surface area contributed by atoms with E-state index in [0.29, 0.717) is 15.8 Å². The van der Waals surface area contributed by atoms with Crippen molar-refractivity contribution in [3.8, 4) is 0 Å². The highest BCUT2D eigenvalue weighted by Crippen LogP contribution is 2.18. The summed E-state index contributed by atoms with van der Waals surface area (Å²) in [6.45, 7) is 0.313. The molecule has 3 nitrogen and oxygen atoms in total. The lowest BCUT2D eigenvalue weighted by atomic mass is 10.3. The fraction of sp³-hybridized carbons (Fsp3) is 0.300. The molecule has 1 aromatic rings. The first-order chi connectivity index (χ1) is 6.99. The summed E-state index contributed by atoms with van der Waals surface area (Å²) in [6, 6.07) is 4.27. The minimum atomic E-state index is -0.301. The fourth-order valence-electron chi connectivity index (χ4n) is 1.07. The lowest BCUT2D eigenvalue weighted by Gasteiger charge is -2.11. The average Bonchev–Trinajstić information content (AvgIpc) is 2.08. The first-order valence-electron chi connectivity index (χ1n) is 4.38. The summed E-state index contributed by atoms with van der Waals surface area (Å²) in [5.41, 5.74) is 0.642. The van der Waals surface area contributed by atoms with Crippen molar-refractivity contribution in [2.75, 3.05) is 26.0 Å². The van der Waals surface area contributed by atoms with Crippen LogP contribution in [-0.2, 0) is 4.79 Å². The van der Waals surface area contributed by atoms with Crippen LogP contribution in [0.3, 0.4) is 0 Å². The molecule has 0 bridgehead atoms. The van der Waals surface area contributed by atoms with E-state index in [1.165, 1.54) is 12.1 Å². The van der Waals surface area contributed by atoms with Crippen molar-refractivity contribution in [1.29, 1.82) is 0 Å². The Labute approximate surface area is 102 Å². The maximum absolute atomic E-state index is 12.8. The van der Waals surface area contributed by atoms with Gasteiger partial charge < -0.3 is 10.2 Å². The van der Waals surface area contributed by atoms with Crippen LogP contribution in [0, 0.1) is 9.39 Å². The quantitative estimate of drug-likeness (QED) is 0.863. The zero-order valence-corrected chi connectivity index (χ0v) is 10.7. The molecule has 0 saturated carbocycles. The molecule has 0 fully saturated rings. The number of likely N-dealkylation sites (N-methyl/N-ethyl adjacent to an activating group) is 1. The minimum Gasteiger partial charge on any atom is -0.324 e. The van der Waals surface area contributed by atoms with Crippen LogP contribution >= 0.6 is 22.6 Å². The number of hydrogen-bond donors (Lipinski definition) is 1. The summed E-state index contributed by atoms with van der Waals surface area (Å²) in [5.74, 6) is -0.408. The van der Waals surface area contributed by atoms with E-state index in [1.807, 2.05) is 36.7 Å². The standard InChI is InChI=1S/C10H12FIN2O/c1-14(2)6-10(15)13-9-4-3-7(11)5-8(9)12/h3-5H,6H2,1-2H3,(H,13,15). The number of benzene rings is 1. The molecule has 0 saturated heterocycles. The van der Waals surface area contributed by atoms with Gasteiger partial charge in [0.2, 0.25) is 5.91 Å². The van der Waals surface area contributed by atoms with Gasteiger partial charge in [0, 0.05) is 3.57 Å². The first-order valence-corrected chi connectivity index (χ1v) is 5.46. The van der Waals surface area contributed by atoms with Gasteiger partial charge in [-0.3, -0.25) is 4.79 Å². The Kier molecular flexibility index (Phi) is 4.46. The lowest BCUT2D eigenvalue weighted by molar-refractivity contribution is -0.116. The monoisotopic (exact) mass is 322 g/mol. The van der Waals surface area contributed by atoms with Crippen LogP contribution in [0.5, 0.6) is 0 Å². The molecule has 0 aliphatic rings. The molecule has 1 rings (SSSR count). The molecule has 0 aliphatic carbocycles. The number of nitrogens with zero attached hydrogens (tertiary/aromatic N) is 1. The maximum Gasteiger partial charge on any atom is 0.238 e. The Morgan fingerprint density at radius 1 is 1.53 bits per heavy atom. The lowest BCUT2D eigenvalue weighted by Crippen LogP contribution is -2.27. The van der Waals surface area contributed by atoms with Crippen LogP contribution in [0.2, 0.25) is 0 Å². The largest absolute Gasteiger partial charge is 0.324 e.